The maximum atomic E-state index is 11.7. The number of para-hydroxylation sites is 1. The average molecular weight is 368 g/mol. The number of hydrogen-bond donors (Lipinski definition) is 4. The summed E-state index contributed by atoms with van der Waals surface area (Å²) in [6, 6.07) is 9.62. The Balaban J connectivity index is 1.70. The summed E-state index contributed by atoms with van der Waals surface area (Å²) < 4.78 is 0. The molecule has 3 rings (SSSR count). The van der Waals surface area contributed by atoms with Crippen LogP contribution in [0.3, 0.4) is 0 Å². The van der Waals surface area contributed by atoms with Crippen LogP contribution in [0.2, 0.25) is 0 Å². The Labute approximate surface area is 158 Å². The third kappa shape index (κ3) is 4.72. The van der Waals surface area contributed by atoms with Crippen LogP contribution in [0.5, 0.6) is 0 Å². The van der Waals surface area contributed by atoms with Gasteiger partial charge in [0.15, 0.2) is 0 Å². The lowest BCUT2D eigenvalue weighted by Crippen LogP contribution is -2.34. The summed E-state index contributed by atoms with van der Waals surface area (Å²) in [7, 11) is 1.67. The molecule has 1 heterocycles. The van der Waals surface area contributed by atoms with Crippen LogP contribution in [0.25, 0.3) is 0 Å². The Hall–Kier alpha value is -3.16. The maximum absolute atomic E-state index is 11.7. The van der Waals surface area contributed by atoms with E-state index < -0.39 is 5.91 Å². The molecular formula is C19H24N6O2. The van der Waals surface area contributed by atoms with Crippen LogP contribution >= 0.6 is 0 Å². The second kappa shape index (κ2) is 8.48. The molecule has 1 saturated carbocycles. The number of nitrogens with zero attached hydrogens (tertiary/aromatic N) is 2. The van der Waals surface area contributed by atoms with E-state index in [1.807, 2.05) is 30.3 Å². The van der Waals surface area contributed by atoms with E-state index in [0.717, 1.165) is 31.4 Å². The summed E-state index contributed by atoms with van der Waals surface area (Å²) in [4.78, 5) is 32.1. The number of primary amides is 1. The number of hydrogen-bond acceptors (Lipinski definition) is 6. The molecule has 27 heavy (non-hydrogen) atoms. The average Bonchev–Trinajstić information content (AvgIpc) is 2.69. The van der Waals surface area contributed by atoms with E-state index in [-0.39, 0.29) is 23.4 Å². The minimum atomic E-state index is -0.592. The van der Waals surface area contributed by atoms with Gasteiger partial charge in [0.05, 0.1) is 0 Å². The molecule has 0 unspecified atom stereocenters. The highest BCUT2D eigenvalue weighted by Crippen LogP contribution is 2.27. The highest BCUT2D eigenvalue weighted by atomic mass is 16.2. The molecule has 8 heteroatoms. The molecule has 5 N–H and O–H groups in total. The summed E-state index contributed by atoms with van der Waals surface area (Å²) in [5, 5.41) is 9.13. The van der Waals surface area contributed by atoms with Crippen molar-refractivity contribution in [1.82, 2.24) is 15.3 Å². The smallest absolute Gasteiger partial charge is 0.254 e. The monoisotopic (exact) mass is 368 g/mol. The molecule has 2 aromatic rings. The number of carbonyl (C=O) groups excluding carboxylic acids is 2. The molecule has 0 aliphatic heterocycles. The number of benzene rings is 1. The first-order chi connectivity index (χ1) is 13.1. The Morgan fingerprint density at radius 2 is 1.81 bits per heavy atom. The van der Waals surface area contributed by atoms with Gasteiger partial charge in [0.1, 0.15) is 11.4 Å². The number of amides is 2. The number of aromatic nitrogens is 2. The lowest BCUT2D eigenvalue weighted by atomic mass is 9.85. The van der Waals surface area contributed by atoms with Crippen molar-refractivity contribution in [3.05, 3.63) is 42.1 Å². The van der Waals surface area contributed by atoms with E-state index in [1.165, 1.54) is 6.20 Å². The zero-order valence-corrected chi connectivity index (χ0v) is 15.2. The summed E-state index contributed by atoms with van der Waals surface area (Å²) in [6.45, 7) is 0. The lowest BCUT2D eigenvalue weighted by Gasteiger charge is -2.28. The van der Waals surface area contributed by atoms with Crippen LogP contribution in [-0.4, -0.2) is 34.9 Å². The van der Waals surface area contributed by atoms with Crippen molar-refractivity contribution in [1.29, 1.82) is 0 Å². The predicted molar refractivity (Wildman–Crippen MR) is 104 cm³/mol. The SMILES string of the molecule is CNC(=O)C1CCC(Nc2ncc(C(N)=O)c(Nc3ccccc3)n2)CC1. The van der Waals surface area contributed by atoms with Crippen LogP contribution in [-0.2, 0) is 4.79 Å². The van der Waals surface area contributed by atoms with E-state index in [9.17, 15) is 9.59 Å². The van der Waals surface area contributed by atoms with Crippen molar-refractivity contribution < 1.29 is 9.59 Å². The summed E-state index contributed by atoms with van der Waals surface area (Å²) in [5.74, 6) is 0.379. The van der Waals surface area contributed by atoms with E-state index in [2.05, 4.69) is 25.9 Å². The van der Waals surface area contributed by atoms with Crippen LogP contribution in [0.4, 0.5) is 17.5 Å². The van der Waals surface area contributed by atoms with Crippen molar-refractivity contribution in [2.24, 2.45) is 11.7 Å². The standard InChI is InChI=1S/C19H24N6O2/c1-21-18(27)12-7-9-14(10-8-12)24-19-22-11-15(16(20)26)17(25-19)23-13-5-3-2-4-6-13/h2-6,11-12,14H,7-10H2,1H3,(H2,20,26)(H,21,27)(H2,22,23,24,25). The third-order valence-corrected chi connectivity index (χ3v) is 4.77. The van der Waals surface area contributed by atoms with Gasteiger partial charge < -0.3 is 21.7 Å². The minimum absolute atomic E-state index is 0.0708. The number of anilines is 3. The first kappa shape index (κ1) is 18.6. The fourth-order valence-electron chi connectivity index (χ4n) is 3.27. The first-order valence-corrected chi connectivity index (χ1v) is 9.04. The van der Waals surface area contributed by atoms with Gasteiger partial charge >= 0.3 is 0 Å². The highest BCUT2D eigenvalue weighted by molar-refractivity contribution is 5.98. The van der Waals surface area contributed by atoms with Crippen molar-refractivity contribution in [2.75, 3.05) is 17.7 Å². The van der Waals surface area contributed by atoms with Gasteiger partial charge in [-0.3, -0.25) is 9.59 Å². The van der Waals surface area contributed by atoms with Crippen molar-refractivity contribution in [3.8, 4) is 0 Å². The van der Waals surface area contributed by atoms with Crippen LogP contribution in [0.15, 0.2) is 36.5 Å². The van der Waals surface area contributed by atoms with Crippen molar-refractivity contribution in [2.45, 2.75) is 31.7 Å². The molecule has 0 saturated heterocycles. The van der Waals surface area contributed by atoms with E-state index >= 15 is 0 Å². The molecule has 2 amide bonds. The van der Waals surface area contributed by atoms with Crippen LogP contribution in [0.1, 0.15) is 36.0 Å². The van der Waals surface area contributed by atoms with Gasteiger partial charge in [-0.2, -0.15) is 4.98 Å². The fraction of sp³-hybridized carbons (Fsp3) is 0.368. The number of rotatable bonds is 6. The Morgan fingerprint density at radius 1 is 1.11 bits per heavy atom. The van der Waals surface area contributed by atoms with Gasteiger partial charge in [0.2, 0.25) is 11.9 Å². The second-order valence-electron chi connectivity index (χ2n) is 6.62. The molecule has 8 nitrogen and oxygen atoms in total. The third-order valence-electron chi connectivity index (χ3n) is 4.77. The first-order valence-electron chi connectivity index (χ1n) is 9.04. The van der Waals surface area contributed by atoms with Gasteiger partial charge in [0, 0.05) is 30.9 Å². The van der Waals surface area contributed by atoms with E-state index in [4.69, 9.17) is 5.73 Å². The fourth-order valence-corrected chi connectivity index (χ4v) is 3.27. The molecule has 0 atom stereocenters. The molecule has 142 valence electrons. The molecule has 1 aliphatic rings. The molecule has 0 bridgehead atoms. The predicted octanol–water partition coefficient (Wildman–Crippen LogP) is 2.04. The zero-order valence-electron chi connectivity index (χ0n) is 15.2. The molecule has 0 spiro atoms. The van der Waals surface area contributed by atoms with Crippen LogP contribution < -0.4 is 21.7 Å². The molecule has 0 radical (unpaired) electrons. The van der Waals surface area contributed by atoms with Gasteiger partial charge in [-0.25, -0.2) is 4.98 Å². The second-order valence-corrected chi connectivity index (χ2v) is 6.62. The topological polar surface area (TPSA) is 122 Å². The van der Waals surface area contributed by atoms with Gasteiger partial charge in [-0.05, 0) is 37.8 Å². The zero-order chi connectivity index (χ0) is 19.2. The summed E-state index contributed by atoms with van der Waals surface area (Å²) >= 11 is 0. The van der Waals surface area contributed by atoms with Crippen LogP contribution in [0, 0.1) is 5.92 Å². The number of carbonyl (C=O) groups is 2. The van der Waals surface area contributed by atoms with Gasteiger partial charge in [0.25, 0.3) is 5.91 Å². The minimum Gasteiger partial charge on any atom is -0.365 e. The molecule has 1 aromatic heterocycles. The maximum Gasteiger partial charge on any atom is 0.254 e. The molecule has 1 aromatic carbocycles. The quantitative estimate of drug-likeness (QED) is 0.619. The number of nitrogens with two attached hydrogens (primary N) is 1. The lowest BCUT2D eigenvalue weighted by molar-refractivity contribution is -0.125. The summed E-state index contributed by atoms with van der Waals surface area (Å²) in [6.07, 6.45) is 4.80. The van der Waals surface area contributed by atoms with Crippen molar-refractivity contribution in [3.63, 3.8) is 0 Å². The van der Waals surface area contributed by atoms with E-state index in [1.54, 1.807) is 7.05 Å². The van der Waals surface area contributed by atoms with Gasteiger partial charge in [-0.1, -0.05) is 18.2 Å². The highest BCUT2D eigenvalue weighted by Gasteiger charge is 2.26. The Morgan fingerprint density at radius 3 is 2.44 bits per heavy atom. The Bertz CT molecular complexity index is 803. The molecular weight excluding hydrogens is 344 g/mol. The Kier molecular flexibility index (Phi) is 5.85. The normalized spacial score (nSPS) is 19.1. The molecule has 1 aliphatic carbocycles. The summed E-state index contributed by atoms with van der Waals surface area (Å²) in [5.41, 5.74) is 6.47. The van der Waals surface area contributed by atoms with E-state index in [0.29, 0.717) is 11.8 Å². The largest absolute Gasteiger partial charge is 0.365 e. The number of nitrogens with one attached hydrogen (secondary N) is 3. The van der Waals surface area contributed by atoms with Gasteiger partial charge in [-0.15, -0.1) is 0 Å². The molecule has 1 fully saturated rings. The van der Waals surface area contributed by atoms with Crippen molar-refractivity contribution >= 4 is 29.3 Å².